The van der Waals surface area contributed by atoms with Crippen molar-refractivity contribution in [1.82, 2.24) is 9.88 Å². The van der Waals surface area contributed by atoms with Crippen molar-refractivity contribution in [1.29, 1.82) is 0 Å². The average Bonchev–Trinajstić information content (AvgIpc) is 2.98. The number of thiazole rings is 1. The van der Waals surface area contributed by atoms with Crippen molar-refractivity contribution in [2.75, 3.05) is 13.1 Å². The van der Waals surface area contributed by atoms with Crippen LogP contribution in [0.4, 0.5) is 0 Å². The van der Waals surface area contributed by atoms with Crippen molar-refractivity contribution in [2.45, 2.75) is 52.5 Å². The van der Waals surface area contributed by atoms with Crippen LogP contribution in [0.25, 0.3) is 0 Å². The van der Waals surface area contributed by atoms with E-state index in [-0.39, 0.29) is 11.3 Å². The predicted octanol–water partition coefficient (Wildman–Crippen LogP) is 4.84. The SMILES string of the molecule is Cc1ncc(CN2CCC[C@H](C(=O)c3ccc(C(C)(C)C)cc3)C2)s1. The van der Waals surface area contributed by atoms with E-state index in [0.29, 0.717) is 5.78 Å². The van der Waals surface area contributed by atoms with Gasteiger partial charge >= 0.3 is 0 Å². The first-order chi connectivity index (χ1) is 11.8. The highest BCUT2D eigenvalue weighted by Crippen LogP contribution is 2.26. The molecule has 0 spiro atoms. The van der Waals surface area contributed by atoms with Gasteiger partial charge in [-0.1, -0.05) is 45.0 Å². The summed E-state index contributed by atoms with van der Waals surface area (Å²) in [6, 6.07) is 8.23. The minimum Gasteiger partial charge on any atom is -0.297 e. The summed E-state index contributed by atoms with van der Waals surface area (Å²) < 4.78 is 0. The maximum Gasteiger partial charge on any atom is 0.167 e. The Hall–Kier alpha value is -1.52. The highest BCUT2D eigenvalue weighted by molar-refractivity contribution is 7.11. The smallest absolute Gasteiger partial charge is 0.167 e. The second-order valence-corrected chi connectivity index (χ2v) is 9.43. The van der Waals surface area contributed by atoms with Gasteiger partial charge in [0.05, 0.1) is 5.01 Å². The number of hydrogen-bond donors (Lipinski definition) is 0. The van der Waals surface area contributed by atoms with Crippen LogP contribution in [0, 0.1) is 12.8 Å². The van der Waals surface area contributed by atoms with Crippen LogP contribution in [0.15, 0.2) is 30.5 Å². The molecule has 3 nitrogen and oxygen atoms in total. The van der Waals surface area contributed by atoms with Gasteiger partial charge in [-0.25, -0.2) is 4.98 Å². The Bertz CT molecular complexity index is 727. The molecular weight excluding hydrogens is 328 g/mol. The van der Waals surface area contributed by atoms with Crippen LogP contribution in [0.3, 0.4) is 0 Å². The molecule has 1 aromatic heterocycles. The van der Waals surface area contributed by atoms with Crippen molar-refractivity contribution < 1.29 is 4.79 Å². The van der Waals surface area contributed by atoms with Gasteiger partial charge in [-0.15, -0.1) is 11.3 Å². The normalized spacial score (nSPS) is 19.1. The number of aromatic nitrogens is 1. The summed E-state index contributed by atoms with van der Waals surface area (Å²) in [6.07, 6.45) is 4.06. The van der Waals surface area contributed by atoms with Crippen LogP contribution in [0.2, 0.25) is 0 Å². The third-order valence-corrected chi connectivity index (χ3v) is 5.86. The molecule has 0 unspecified atom stereocenters. The number of hydrogen-bond acceptors (Lipinski definition) is 4. The molecule has 1 fully saturated rings. The zero-order chi connectivity index (χ0) is 18.0. The van der Waals surface area contributed by atoms with Gasteiger partial charge in [0, 0.05) is 35.6 Å². The molecule has 2 heterocycles. The molecule has 1 saturated heterocycles. The first-order valence-corrected chi connectivity index (χ1v) is 9.93. The molecule has 1 aliphatic heterocycles. The lowest BCUT2D eigenvalue weighted by Gasteiger charge is -2.31. The van der Waals surface area contributed by atoms with Gasteiger partial charge in [0.1, 0.15) is 0 Å². The van der Waals surface area contributed by atoms with Crippen molar-refractivity contribution in [3.05, 3.63) is 51.5 Å². The number of ketones is 1. The van der Waals surface area contributed by atoms with Gasteiger partial charge in [0.25, 0.3) is 0 Å². The fraction of sp³-hybridized carbons (Fsp3) is 0.524. The molecule has 1 aliphatic rings. The molecule has 3 rings (SSSR count). The molecule has 0 saturated carbocycles. The van der Waals surface area contributed by atoms with Gasteiger partial charge in [0.15, 0.2) is 5.78 Å². The zero-order valence-electron chi connectivity index (χ0n) is 15.7. The van der Waals surface area contributed by atoms with E-state index in [4.69, 9.17) is 0 Å². The quantitative estimate of drug-likeness (QED) is 0.735. The Morgan fingerprint density at radius 3 is 2.60 bits per heavy atom. The van der Waals surface area contributed by atoms with E-state index in [1.807, 2.05) is 25.3 Å². The van der Waals surface area contributed by atoms with Gasteiger partial charge in [0.2, 0.25) is 0 Å². The third-order valence-electron chi connectivity index (χ3n) is 4.96. The van der Waals surface area contributed by atoms with E-state index in [2.05, 4.69) is 42.8 Å². The molecular formula is C21H28N2OS. The number of nitrogens with zero attached hydrogens (tertiary/aromatic N) is 2. The van der Waals surface area contributed by atoms with E-state index < -0.39 is 0 Å². The number of carbonyl (C=O) groups is 1. The monoisotopic (exact) mass is 356 g/mol. The fourth-order valence-electron chi connectivity index (χ4n) is 3.48. The maximum absolute atomic E-state index is 12.9. The number of aryl methyl sites for hydroxylation is 1. The van der Waals surface area contributed by atoms with E-state index in [9.17, 15) is 4.79 Å². The van der Waals surface area contributed by atoms with Crippen LogP contribution >= 0.6 is 11.3 Å². The molecule has 25 heavy (non-hydrogen) atoms. The number of carbonyl (C=O) groups excluding carboxylic acids is 1. The predicted molar refractivity (Wildman–Crippen MR) is 104 cm³/mol. The minimum absolute atomic E-state index is 0.114. The highest BCUT2D eigenvalue weighted by Gasteiger charge is 2.27. The van der Waals surface area contributed by atoms with Crippen LogP contribution in [0.1, 0.15) is 59.4 Å². The number of benzene rings is 1. The molecule has 0 radical (unpaired) electrons. The molecule has 2 aromatic rings. The average molecular weight is 357 g/mol. The van der Waals surface area contributed by atoms with E-state index >= 15 is 0 Å². The highest BCUT2D eigenvalue weighted by atomic mass is 32.1. The Labute approximate surface area is 155 Å². The molecule has 0 bridgehead atoms. The van der Waals surface area contributed by atoms with E-state index in [1.54, 1.807) is 11.3 Å². The largest absolute Gasteiger partial charge is 0.297 e. The minimum atomic E-state index is 0.114. The van der Waals surface area contributed by atoms with Crippen LogP contribution < -0.4 is 0 Å². The standard InChI is InChI=1S/C21H28N2OS/c1-15-22-12-19(25-15)14-23-11-5-6-17(13-23)20(24)16-7-9-18(10-8-16)21(2,3)4/h7-10,12,17H,5-6,11,13-14H2,1-4H3/t17-/m0/s1. The molecule has 0 aliphatic carbocycles. The van der Waals surface area contributed by atoms with Crippen molar-refractivity contribution in [2.24, 2.45) is 5.92 Å². The zero-order valence-corrected chi connectivity index (χ0v) is 16.5. The summed E-state index contributed by atoms with van der Waals surface area (Å²) in [4.78, 5) is 21.0. The fourth-order valence-corrected chi connectivity index (χ4v) is 4.32. The summed E-state index contributed by atoms with van der Waals surface area (Å²) in [7, 11) is 0. The molecule has 0 N–H and O–H groups in total. The summed E-state index contributed by atoms with van der Waals surface area (Å²) in [5.41, 5.74) is 2.25. The number of likely N-dealkylation sites (tertiary alicyclic amines) is 1. The number of piperidine rings is 1. The first-order valence-electron chi connectivity index (χ1n) is 9.11. The molecule has 0 amide bonds. The Kier molecular flexibility index (Phi) is 5.40. The second kappa shape index (κ2) is 7.38. The van der Waals surface area contributed by atoms with Gasteiger partial charge in [-0.05, 0) is 37.3 Å². The first kappa shape index (κ1) is 18.3. The van der Waals surface area contributed by atoms with Crippen LogP contribution in [0.5, 0.6) is 0 Å². The van der Waals surface area contributed by atoms with Crippen LogP contribution in [-0.4, -0.2) is 28.8 Å². The Morgan fingerprint density at radius 2 is 2.00 bits per heavy atom. The number of Topliss-reactive ketones (excluding diaryl/α,β-unsaturated/α-hetero) is 1. The topological polar surface area (TPSA) is 33.2 Å². The molecule has 1 aromatic carbocycles. The number of rotatable bonds is 4. The lowest BCUT2D eigenvalue weighted by atomic mass is 9.85. The summed E-state index contributed by atoms with van der Waals surface area (Å²) >= 11 is 1.75. The van der Waals surface area contributed by atoms with Gasteiger partial charge < -0.3 is 0 Å². The third kappa shape index (κ3) is 4.56. The second-order valence-electron chi connectivity index (χ2n) is 8.11. The molecule has 4 heteroatoms. The molecule has 134 valence electrons. The van der Waals surface area contributed by atoms with Gasteiger partial charge in [-0.2, -0.15) is 0 Å². The maximum atomic E-state index is 12.9. The Morgan fingerprint density at radius 1 is 1.28 bits per heavy atom. The molecule has 1 atom stereocenters. The lowest BCUT2D eigenvalue weighted by Crippen LogP contribution is -2.38. The van der Waals surface area contributed by atoms with Crippen molar-refractivity contribution >= 4 is 17.1 Å². The summed E-state index contributed by atoms with van der Waals surface area (Å²) in [5, 5.41) is 1.11. The van der Waals surface area contributed by atoms with E-state index in [1.165, 1.54) is 10.4 Å². The van der Waals surface area contributed by atoms with Crippen molar-refractivity contribution in [3.63, 3.8) is 0 Å². The van der Waals surface area contributed by atoms with Crippen LogP contribution in [-0.2, 0) is 12.0 Å². The summed E-state index contributed by atoms with van der Waals surface area (Å²) in [5.74, 6) is 0.411. The van der Waals surface area contributed by atoms with E-state index in [0.717, 1.165) is 43.0 Å². The van der Waals surface area contributed by atoms with Gasteiger partial charge in [-0.3, -0.25) is 9.69 Å². The summed E-state index contributed by atoms with van der Waals surface area (Å²) in [6.45, 7) is 11.5. The lowest BCUT2D eigenvalue weighted by molar-refractivity contribution is 0.0812. The Balaban J connectivity index is 1.65. The van der Waals surface area contributed by atoms with Crippen molar-refractivity contribution in [3.8, 4) is 0 Å².